The van der Waals surface area contributed by atoms with Crippen LogP contribution < -0.4 is 15.0 Å². The van der Waals surface area contributed by atoms with E-state index in [0.29, 0.717) is 35.5 Å². The summed E-state index contributed by atoms with van der Waals surface area (Å²) in [4.78, 5) is 40.6. The highest BCUT2D eigenvalue weighted by atomic mass is 16.5. The molecular formula is C31H30N2O5. The Hall–Kier alpha value is -4.39. The van der Waals surface area contributed by atoms with Gasteiger partial charge in [-0.3, -0.25) is 19.3 Å². The van der Waals surface area contributed by atoms with Crippen molar-refractivity contribution in [3.8, 4) is 5.75 Å². The molecule has 0 unspecified atom stereocenters. The number of allylic oxidation sites excluding steroid dienone is 1. The first-order valence-electron chi connectivity index (χ1n) is 12.7. The predicted molar refractivity (Wildman–Crippen MR) is 145 cm³/mol. The molecular weight excluding hydrogens is 480 g/mol. The van der Waals surface area contributed by atoms with E-state index in [4.69, 9.17) is 4.74 Å². The molecule has 3 aromatic carbocycles. The molecule has 2 N–H and O–H groups in total. The van der Waals surface area contributed by atoms with Crippen molar-refractivity contribution < 1.29 is 24.2 Å². The van der Waals surface area contributed by atoms with Crippen molar-refractivity contribution in [1.29, 1.82) is 0 Å². The van der Waals surface area contributed by atoms with Gasteiger partial charge >= 0.3 is 5.97 Å². The molecule has 1 aliphatic carbocycles. The van der Waals surface area contributed by atoms with E-state index in [1.54, 1.807) is 12.0 Å². The van der Waals surface area contributed by atoms with Crippen molar-refractivity contribution in [3.63, 3.8) is 0 Å². The van der Waals surface area contributed by atoms with Crippen molar-refractivity contribution in [2.75, 3.05) is 17.3 Å². The second-order valence-corrected chi connectivity index (χ2v) is 9.81. The molecule has 194 valence electrons. The molecule has 2 atom stereocenters. The lowest BCUT2D eigenvalue weighted by Gasteiger charge is -2.35. The number of hydrogen-bond acceptors (Lipinski definition) is 5. The highest BCUT2D eigenvalue weighted by molar-refractivity contribution is 6.06. The van der Waals surface area contributed by atoms with Crippen LogP contribution >= 0.6 is 0 Å². The number of carbonyl (C=O) groups excluding carboxylic acids is 2. The zero-order valence-electron chi connectivity index (χ0n) is 21.4. The standard InChI is InChI=1S/C31H30N2O5/c1-19-7-9-20(10-8-19)22-17-25-30(27(34)18-22)31(21-11-13-23(38-2)14-12-21)33(28(35)15-16-29(36)37)26-6-4-3-5-24(26)32-25/h3-14,22,31-32H,15-18H2,1-2H3,(H,36,37)/t22-,31+/m1/s1. The second kappa shape index (κ2) is 10.5. The average Bonchev–Trinajstić information content (AvgIpc) is 3.07. The van der Waals surface area contributed by atoms with Crippen molar-refractivity contribution in [1.82, 2.24) is 0 Å². The number of carboxylic acid groups (broad SMARTS) is 1. The first kappa shape index (κ1) is 25.3. The Kier molecular flexibility index (Phi) is 7.01. The van der Waals surface area contributed by atoms with Gasteiger partial charge in [0, 0.05) is 24.1 Å². The van der Waals surface area contributed by atoms with Gasteiger partial charge in [-0.2, -0.15) is 0 Å². The van der Waals surface area contributed by atoms with Crippen molar-refractivity contribution in [2.24, 2.45) is 0 Å². The molecule has 0 bridgehead atoms. The summed E-state index contributed by atoms with van der Waals surface area (Å²) in [7, 11) is 1.58. The molecule has 1 aliphatic heterocycles. The van der Waals surface area contributed by atoms with E-state index >= 15 is 0 Å². The molecule has 5 rings (SSSR count). The number of anilines is 2. The number of para-hydroxylation sites is 2. The number of methoxy groups -OCH3 is 1. The quantitative estimate of drug-likeness (QED) is 0.437. The van der Waals surface area contributed by atoms with E-state index in [1.807, 2.05) is 55.5 Å². The summed E-state index contributed by atoms with van der Waals surface area (Å²) in [6, 6.07) is 22.3. The largest absolute Gasteiger partial charge is 0.497 e. The second-order valence-electron chi connectivity index (χ2n) is 9.81. The van der Waals surface area contributed by atoms with Crippen LogP contribution in [0, 0.1) is 6.92 Å². The molecule has 38 heavy (non-hydrogen) atoms. The minimum absolute atomic E-state index is 0.00675. The Morgan fingerprint density at radius 1 is 0.947 bits per heavy atom. The Morgan fingerprint density at radius 3 is 2.32 bits per heavy atom. The molecule has 1 heterocycles. The fraction of sp³-hybridized carbons (Fsp3) is 0.258. The molecule has 2 aliphatic rings. The number of ketones is 1. The van der Waals surface area contributed by atoms with Crippen LogP contribution in [0.4, 0.5) is 11.4 Å². The van der Waals surface area contributed by atoms with Crippen molar-refractivity contribution in [3.05, 3.63) is 101 Å². The molecule has 3 aromatic rings. The molecule has 1 amide bonds. The number of nitrogens with one attached hydrogen (secondary N) is 1. The first-order chi connectivity index (χ1) is 18.4. The van der Waals surface area contributed by atoms with Gasteiger partial charge in [0.05, 0.1) is 30.9 Å². The van der Waals surface area contributed by atoms with E-state index in [9.17, 15) is 19.5 Å². The summed E-state index contributed by atoms with van der Waals surface area (Å²) in [5, 5.41) is 12.8. The predicted octanol–water partition coefficient (Wildman–Crippen LogP) is 5.77. The van der Waals surface area contributed by atoms with Gasteiger partial charge in [0.25, 0.3) is 0 Å². The van der Waals surface area contributed by atoms with Crippen LogP contribution in [0.5, 0.6) is 5.75 Å². The van der Waals surface area contributed by atoms with Gasteiger partial charge < -0.3 is 15.2 Å². The van der Waals surface area contributed by atoms with Gasteiger partial charge in [-0.25, -0.2) is 0 Å². The molecule has 0 aromatic heterocycles. The van der Waals surface area contributed by atoms with Crippen LogP contribution in [0.1, 0.15) is 54.3 Å². The summed E-state index contributed by atoms with van der Waals surface area (Å²) in [5.41, 5.74) is 5.65. The number of amides is 1. The van der Waals surface area contributed by atoms with Crippen LogP contribution in [0.15, 0.2) is 84.1 Å². The summed E-state index contributed by atoms with van der Waals surface area (Å²) in [5.74, 6) is -0.769. The van der Waals surface area contributed by atoms with Gasteiger partial charge in [-0.1, -0.05) is 54.1 Å². The van der Waals surface area contributed by atoms with Crippen LogP contribution in [-0.4, -0.2) is 29.9 Å². The van der Waals surface area contributed by atoms with Crippen LogP contribution in [0.2, 0.25) is 0 Å². The SMILES string of the molecule is COc1ccc([C@H]2C3=C(C[C@@H](c4ccc(C)cc4)CC3=O)Nc3ccccc3N2C(=O)CCC(=O)O)cc1. The van der Waals surface area contributed by atoms with E-state index in [0.717, 1.165) is 22.4 Å². The van der Waals surface area contributed by atoms with E-state index in [2.05, 4.69) is 29.6 Å². The maximum atomic E-state index is 14.0. The van der Waals surface area contributed by atoms with Gasteiger partial charge in [-0.05, 0) is 54.7 Å². The van der Waals surface area contributed by atoms with Gasteiger partial charge in [0.1, 0.15) is 5.75 Å². The Labute approximate surface area is 221 Å². The molecule has 0 radical (unpaired) electrons. The van der Waals surface area contributed by atoms with E-state index < -0.39 is 12.0 Å². The number of carbonyl (C=O) groups is 3. The summed E-state index contributed by atoms with van der Waals surface area (Å²) >= 11 is 0. The van der Waals surface area contributed by atoms with Crippen LogP contribution in [0.25, 0.3) is 0 Å². The number of hydrogen-bond donors (Lipinski definition) is 2. The first-order valence-corrected chi connectivity index (χ1v) is 12.7. The molecule has 0 saturated heterocycles. The zero-order chi connectivity index (χ0) is 26.8. The summed E-state index contributed by atoms with van der Waals surface area (Å²) in [6.07, 6.45) is 0.459. The van der Waals surface area contributed by atoms with E-state index in [1.165, 1.54) is 0 Å². The highest BCUT2D eigenvalue weighted by Crippen LogP contribution is 2.47. The zero-order valence-corrected chi connectivity index (χ0v) is 21.4. The minimum atomic E-state index is -1.05. The number of ether oxygens (including phenoxy) is 1. The lowest BCUT2D eigenvalue weighted by atomic mass is 9.78. The Balaban J connectivity index is 1.67. The fourth-order valence-corrected chi connectivity index (χ4v) is 5.38. The number of Topliss-reactive ketones (excluding diaryl/α,β-unsaturated/α-hetero) is 1. The normalized spacial score (nSPS) is 18.7. The maximum absolute atomic E-state index is 14.0. The van der Waals surface area contributed by atoms with Crippen LogP contribution in [-0.2, 0) is 14.4 Å². The Morgan fingerprint density at radius 2 is 1.63 bits per heavy atom. The third kappa shape index (κ3) is 4.92. The number of carboxylic acids is 1. The molecule has 7 nitrogen and oxygen atoms in total. The van der Waals surface area contributed by atoms with E-state index in [-0.39, 0.29) is 30.4 Å². The number of nitrogens with zero attached hydrogens (tertiary/aromatic N) is 1. The molecule has 0 spiro atoms. The van der Waals surface area contributed by atoms with Crippen LogP contribution in [0.3, 0.4) is 0 Å². The molecule has 7 heteroatoms. The number of aryl methyl sites for hydroxylation is 1. The monoisotopic (exact) mass is 510 g/mol. The lowest BCUT2D eigenvalue weighted by molar-refractivity contribution is -0.138. The third-order valence-electron chi connectivity index (χ3n) is 7.29. The summed E-state index contributed by atoms with van der Waals surface area (Å²) in [6.45, 7) is 2.04. The number of aliphatic carboxylic acids is 1. The Bertz CT molecular complexity index is 1410. The summed E-state index contributed by atoms with van der Waals surface area (Å²) < 4.78 is 5.34. The minimum Gasteiger partial charge on any atom is -0.497 e. The van der Waals surface area contributed by atoms with Gasteiger partial charge in [-0.15, -0.1) is 0 Å². The topological polar surface area (TPSA) is 95.9 Å². The lowest BCUT2D eigenvalue weighted by Crippen LogP contribution is -2.38. The molecule has 0 saturated carbocycles. The number of benzene rings is 3. The average molecular weight is 511 g/mol. The van der Waals surface area contributed by atoms with Gasteiger partial charge in [0.2, 0.25) is 5.91 Å². The fourth-order valence-electron chi connectivity index (χ4n) is 5.38. The smallest absolute Gasteiger partial charge is 0.303 e. The number of rotatable bonds is 6. The third-order valence-corrected chi connectivity index (χ3v) is 7.29. The highest BCUT2D eigenvalue weighted by Gasteiger charge is 2.41. The maximum Gasteiger partial charge on any atom is 0.303 e. The molecule has 0 fully saturated rings. The number of fused-ring (bicyclic) bond motifs is 1. The van der Waals surface area contributed by atoms with Gasteiger partial charge in [0.15, 0.2) is 5.78 Å². The van der Waals surface area contributed by atoms with Crippen molar-refractivity contribution >= 4 is 29.0 Å². The van der Waals surface area contributed by atoms with Crippen molar-refractivity contribution in [2.45, 2.75) is 44.6 Å².